The Morgan fingerprint density at radius 3 is 2.83 bits per heavy atom. The molecule has 0 aliphatic heterocycles. The van der Waals surface area contributed by atoms with Crippen molar-refractivity contribution in [2.45, 2.75) is 0 Å². The Hall–Kier alpha value is -1.81. The first-order valence-electron chi connectivity index (χ1n) is 5.96. The van der Waals surface area contributed by atoms with Crippen LogP contribution in [-0.4, -0.2) is 44.1 Å². The average Bonchev–Trinajstić information content (AvgIpc) is 2.37. The lowest BCUT2D eigenvalue weighted by molar-refractivity contribution is -0.121. The van der Waals surface area contributed by atoms with E-state index in [0.29, 0.717) is 26.2 Å². The molecule has 0 heterocycles. The molecule has 1 amide bonds. The molecule has 1 rings (SSSR count). The molecule has 0 bridgehead atoms. The highest BCUT2D eigenvalue weighted by Crippen LogP contribution is 2.07. The van der Waals surface area contributed by atoms with E-state index in [0.717, 1.165) is 5.75 Å². The smallest absolute Gasteiger partial charge is 0.234 e. The fourth-order valence-corrected chi connectivity index (χ4v) is 1.40. The summed E-state index contributed by atoms with van der Waals surface area (Å²) in [5.41, 5.74) is 0. The molecule has 0 radical (unpaired) electrons. The number of hydrogen-bond donors (Lipinski definition) is 1. The normalized spacial score (nSPS) is 10.1. The van der Waals surface area contributed by atoms with E-state index >= 15 is 0 Å². The summed E-state index contributed by atoms with van der Waals surface area (Å²) in [6.07, 6.45) is 1.66. The molecule has 18 heavy (non-hydrogen) atoms. The SMILES string of the molecule is C=CCNC(=O)CN(C)CCOc1ccccc1. The van der Waals surface area contributed by atoms with E-state index in [1.165, 1.54) is 0 Å². The Labute approximate surface area is 108 Å². The molecule has 1 aromatic carbocycles. The lowest BCUT2D eigenvalue weighted by Crippen LogP contribution is -2.36. The second-order valence-corrected chi connectivity index (χ2v) is 3.99. The van der Waals surface area contributed by atoms with Crippen LogP contribution in [0.5, 0.6) is 5.75 Å². The minimum Gasteiger partial charge on any atom is -0.492 e. The molecule has 0 spiro atoms. The van der Waals surface area contributed by atoms with Crippen LogP contribution in [0.2, 0.25) is 0 Å². The standard InChI is InChI=1S/C14H20N2O2/c1-3-9-15-14(17)12-16(2)10-11-18-13-7-5-4-6-8-13/h3-8H,1,9-12H2,2H3,(H,15,17). The summed E-state index contributed by atoms with van der Waals surface area (Å²) >= 11 is 0. The number of para-hydroxylation sites is 1. The van der Waals surface area contributed by atoms with Gasteiger partial charge >= 0.3 is 0 Å². The monoisotopic (exact) mass is 248 g/mol. The van der Waals surface area contributed by atoms with Crippen LogP contribution in [0.4, 0.5) is 0 Å². The highest BCUT2D eigenvalue weighted by atomic mass is 16.5. The third kappa shape index (κ3) is 6.06. The summed E-state index contributed by atoms with van der Waals surface area (Å²) in [5, 5.41) is 2.73. The third-order valence-corrected chi connectivity index (χ3v) is 2.34. The average molecular weight is 248 g/mol. The van der Waals surface area contributed by atoms with Crippen LogP contribution in [0.1, 0.15) is 0 Å². The van der Waals surface area contributed by atoms with Crippen LogP contribution in [-0.2, 0) is 4.79 Å². The summed E-state index contributed by atoms with van der Waals surface area (Å²) in [4.78, 5) is 13.3. The number of likely N-dealkylation sites (N-methyl/N-ethyl adjacent to an activating group) is 1. The Balaban J connectivity index is 2.15. The number of hydrogen-bond acceptors (Lipinski definition) is 3. The minimum atomic E-state index is -0.00267. The molecular formula is C14H20N2O2. The number of nitrogens with zero attached hydrogens (tertiary/aromatic N) is 1. The first kappa shape index (κ1) is 14.3. The van der Waals surface area contributed by atoms with Gasteiger partial charge in [0.25, 0.3) is 0 Å². The molecule has 0 fully saturated rings. The van der Waals surface area contributed by atoms with Gasteiger partial charge in [-0.1, -0.05) is 24.3 Å². The zero-order valence-corrected chi connectivity index (χ0v) is 10.8. The van der Waals surface area contributed by atoms with E-state index in [-0.39, 0.29) is 5.91 Å². The van der Waals surface area contributed by atoms with Gasteiger partial charge in [0.2, 0.25) is 5.91 Å². The molecule has 4 nitrogen and oxygen atoms in total. The highest BCUT2D eigenvalue weighted by Gasteiger charge is 2.05. The maximum Gasteiger partial charge on any atom is 0.234 e. The van der Waals surface area contributed by atoms with Gasteiger partial charge in [-0.3, -0.25) is 9.69 Å². The zero-order chi connectivity index (χ0) is 13.2. The highest BCUT2D eigenvalue weighted by molar-refractivity contribution is 5.78. The Bertz CT molecular complexity index is 365. The fraction of sp³-hybridized carbons (Fsp3) is 0.357. The van der Waals surface area contributed by atoms with Crippen LogP contribution in [0.25, 0.3) is 0 Å². The van der Waals surface area contributed by atoms with Crippen molar-refractivity contribution in [3.63, 3.8) is 0 Å². The topological polar surface area (TPSA) is 41.6 Å². The maximum atomic E-state index is 11.4. The predicted octanol–water partition coefficient (Wildman–Crippen LogP) is 1.30. The summed E-state index contributed by atoms with van der Waals surface area (Å²) in [7, 11) is 1.89. The molecular weight excluding hydrogens is 228 g/mol. The molecule has 0 aromatic heterocycles. The lowest BCUT2D eigenvalue weighted by atomic mass is 10.3. The Morgan fingerprint density at radius 2 is 2.17 bits per heavy atom. The van der Waals surface area contributed by atoms with E-state index < -0.39 is 0 Å². The van der Waals surface area contributed by atoms with Crippen molar-refractivity contribution >= 4 is 5.91 Å². The summed E-state index contributed by atoms with van der Waals surface area (Å²) < 4.78 is 5.55. The number of amides is 1. The first-order chi connectivity index (χ1) is 8.72. The largest absolute Gasteiger partial charge is 0.492 e. The van der Waals surface area contributed by atoms with Gasteiger partial charge in [0.05, 0.1) is 6.54 Å². The first-order valence-corrected chi connectivity index (χ1v) is 5.96. The van der Waals surface area contributed by atoms with Crippen molar-refractivity contribution in [3.8, 4) is 5.75 Å². The summed E-state index contributed by atoms with van der Waals surface area (Å²) in [5.74, 6) is 0.846. The molecule has 0 aliphatic carbocycles. The molecule has 0 unspecified atom stereocenters. The van der Waals surface area contributed by atoms with Gasteiger partial charge in [-0.2, -0.15) is 0 Å². The molecule has 0 aliphatic rings. The number of benzene rings is 1. The molecule has 1 N–H and O–H groups in total. The van der Waals surface area contributed by atoms with Crippen molar-refractivity contribution in [2.75, 3.05) is 33.3 Å². The van der Waals surface area contributed by atoms with E-state index in [2.05, 4.69) is 11.9 Å². The number of rotatable bonds is 8. The number of carbonyl (C=O) groups excluding carboxylic acids is 1. The third-order valence-electron chi connectivity index (χ3n) is 2.34. The summed E-state index contributed by atoms with van der Waals surface area (Å²) in [6, 6.07) is 9.64. The van der Waals surface area contributed by atoms with E-state index in [4.69, 9.17) is 4.74 Å². The van der Waals surface area contributed by atoms with Crippen LogP contribution >= 0.6 is 0 Å². The minimum absolute atomic E-state index is 0.00267. The van der Waals surface area contributed by atoms with E-state index in [1.807, 2.05) is 42.3 Å². The van der Waals surface area contributed by atoms with Gasteiger partial charge in [0.1, 0.15) is 12.4 Å². The maximum absolute atomic E-state index is 11.4. The molecule has 98 valence electrons. The molecule has 0 saturated heterocycles. The van der Waals surface area contributed by atoms with Gasteiger partial charge in [0, 0.05) is 13.1 Å². The number of ether oxygens (including phenoxy) is 1. The van der Waals surface area contributed by atoms with Crippen LogP contribution < -0.4 is 10.1 Å². The van der Waals surface area contributed by atoms with Gasteiger partial charge in [-0.15, -0.1) is 6.58 Å². The fourth-order valence-electron chi connectivity index (χ4n) is 1.40. The van der Waals surface area contributed by atoms with Crippen molar-refractivity contribution in [1.29, 1.82) is 0 Å². The van der Waals surface area contributed by atoms with Gasteiger partial charge in [-0.25, -0.2) is 0 Å². The van der Waals surface area contributed by atoms with Gasteiger partial charge < -0.3 is 10.1 Å². The predicted molar refractivity (Wildman–Crippen MR) is 72.6 cm³/mol. The van der Waals surface area contributed by atoms with Crippen LogP contribution in [0, 0.1) is 0 Å². The van der Waals surface area contributed by atoms with Crippen molar-refractivity contribution in [1.82, 2.24) is 10.2 Å². The Morgan fingerprint density at radius 1 is 1.44 bits per heavy atom. The number of carbonyl (C=O) groups is 1. The van der Waals surface area contributed by atoms with E-state index in [1.54, 1.807) is 6.08 Å². The quantitative estimate of drug-likeness (QED) is 0.705. The Kier molecular flexibility index (Phi) is 6.58. The van der Waals surface area contributed by atoms with Crippen molar-refractivity contribution in [3.05, 3.63) is 43.0 Å². The van der Waals surface area contributed by atoms with Crippen LogP contribution in [0.15, 0.2) is 43.0 Å². The molecule has 0 atom stereocenters. The molecule has 4 heteroatoms. The lowest BCUT2D eigenvalue weighted by Gasteiger charge is -2.16. The summed E-state index contributed by atoms with van der Waals surface area (Å²) in [6.45, 7) is 5.69. The molecule has 1 aromatic rings. The van der Waals surface area contributed by atoms with Gasteiger partial charge in [-0.05, 0) is 19.2 Å². The van der Waals surface area contributed by atoms with E-state index in [9.17, 15) is 4.79 Å². The second kappa shape index (κ2) is 8.31. The van der Waals surface area contributed by atoms with Gasteiger partial charge in [0.15, 0.2) is 0 Å². The van der Waals surface area contributed by atoms with Crippen molar-refractivity contribution < 1.29 is 9.53 Å². The second-order valence-electron chi connectivity index (χ2n) is 3.99. The van der Waals surface area contributed by atoms with Crippen molar-refractivity contribution in [2.24, 2.45) is 0 Å². The molecule has 0 saturated carbocycles. The number of nitrogens with one attached hydrogen (secondary N) is 1. The zero-order valence-electron chi connectivity index (χ0n) is 10.8. The van der Waals surface area contributed by atoms with Crippen LogP contribution in [0.3, 0.4) is 0 Å².